The first-order valence-electron chi connectivity index (χ1n) is 5.56. The van der Waals surface area contributed by atoms with Crippen molar-refractivity contribution in [3.8, 4) is 6.07 Å². The molecule has 0 amide bonds. The monoisotopic (exact) mass is 228 g/mol. The number of hydrogen-bond donors (Lipinski definition) is 0. The molecule has 84 valence electrons. The molecule has 1 aliphatic carbocycles. The van der Waals surface area contributed by atoms with E-state index < -0.39 is 16.1 Å². The van der Waals surface area contributed by atoms with Gasteiger partial charge in [-0.25, -0.2) is 8.42 Å². The molecule has 1 heterocycles. The van der Waals surface area contributed by atoms with Gasteiger partial charge >= 0.3 is 0 Å². The number of sulfonamides is 1. The van der Waals surface area contributed by atoms with Crippen molar-refractivity contribution in [2.75, 3.05) is 6.54 Å². The van der Waals surface area contributed by atoms with Gasteiger partial charge in [-0.05, 0) is 25.7 Å². The normalized spacial score (nSPS) is 29.4. The van der Waals surface area contributed by atoms with Crippen LogP contribution in [0.1, 0.15) is 38.5 Å². The highest BCUT2D eigenvalue weighted by Crippen LogP contribution is 2.31. The zero-order valence-electron chi connectivity index (χ0n) is 8.72. The Hall–Kier alpha value is -0.600. The van der Waals surface area contributed by atoms with Crippen LogP contribution in [0.25, 0.3) is 0 Å². The van der Waals surface area contributed by atoms with Gasteiger partial charge < -0.3 is 0 Å². The van der Waals surface area contributed by atoms with E-state index in [0.29, 0.717) is 13.0 Å². The molecule has 15 heavy (non-hydrogen) atoms. The predicted molar refractivity (Wildman–Crippen MR) is 56.5 cm³/mol. The van der Waals surface area contributed by atoms with E-state index in [2.05, 4.69) is 6.07 Å². The molecule has 0 aromatic heterocycles. The Morgan fingerprint density at radius 1 is 1.13 bits per heavy atom. The lowest BCUT2D eigenvalue weighted by molar-refractivity contribution is 0.427. The van der Waals surface area contributed by atoms with E-state index in [1.54, 1.807) is 0 Å². The molecule has 0 aromatic rings. The molecular weight excluding hydrogens is 212 g/mol. The van der Waals surface area contributed by atoms with Gasteiger partial charge in [-0.3, -0.25) is 0 Å². The van der Waals surface area contributed by atoms with E-state index in [9.17, 15) is 8.42 Å². The lowest BCUT2D eigenvalue weighted by atomic mass is 10.2. The maximum absolute atomic E-state index is 12.2. The van der Waals surface area contributed by atoms with Crippen LogP contribution in [0.15, 0.2) is 0 Å². The highest BCUT2D eigenvalue weighted by Gasteiger charge is 2.40. The Morgan fingerprint density at radius 2 is 1.80 bits per heavy atom. The minimum Gasteiger partial charge on any atom is -0.212 e. The Balaban J connectivity index is 2.18. The molecular formula is C10H16N2O2S. The van der Waals surface area contributed by atoms with E-state index in [-0.39, 0.29) is 5.25 Å². The number of hydrogen-bond acceptors (Lipinski definition) is 3. The third-order valence-electron chi connectivity index (χ3n) is 3.40. The molecule has 1 saturated heterocycles. The zero-order valence-corrected chi connectivity index (χ0v) is 9.54. The van der Waals surface area contributed by atoms with E-state index in [1.807, 2.05) is 0 Å². The number of rotatable bonds is 2. The van der Waals surface area contributed by atoms with Crippen molar-refractivity contribution >= 4 is 10.0 Å². The van der Waals surface area contributed by atoms with Crippen molar-refractivity contribution in [3.05, 3.63) is 0 Å². The lowest BCUT2D eigenvalue weighted by Crippen LogP contribution is -2.40. The molecule has 1 atom stereocenters. The Bertz CT molecular complexity index is 365. The van der Waals surface area contributed by atoms with E-state index in [1.165, 1.54) is 4.31 Å². The Labute approximate surface area is 90.9 Å². The third kappa shape index (κ3) is 1.88. The maximum atomic E-state index is 12.2. The molecule has 4 nitrogen and oxygen atoms in total. The summed E-state index contributed by atoms with van der Waals surface area (Å²) in [7, 11) is -3.19. The second kappa shape index (κ2) is 4.11. The molecule has 2 rings (SSSR count). The first kappa shape index (κ1) is 10.9. The smallest absolute Gasteiger partial charge is 0.212 e. The van der Waals surface area contributed by atoms with Gasteiger partial charge in [0.15, 0.2) is 0 Å². The molecule has 2 aliphatic rings. The molecule has 2 fully saturated rings. The fraction of sp³-hybridized carbons (Fsp3) is 0.900. The maximum Gasteiger partial charge on any atom is 0.218 e. The summed E-state index contributed by atoms with van der Waals surface area (Å²) < 4.78 is 25.8. The Morgan fingerprint density at radius 3 is 2.40 bits per heavy atom. The number of nitrogens with zero attached hydrogens (tertiary/aromatic N) is 2. The highest BCUT2D eigenvalue weighted by molar-refractivity contribution is 7.89. The average Bonchev–Trinajstić information content (AvgIpc) is 2.89. The summed E-state index contributed by atoms with van der Waals surface area (Å²) in [6, 6.07) is 1.68. The molecule has 1 saturated carbocycles. The first-order chi connectivity index (χ1) is 7.16. The van der Waals surface area contributed by atoms with Gasteiger partial charge in [0.25, 0.3) is 0 Å². The largest absolute Gasteiger partial charge is 0.218 e. The molecule has 0 bridgehead atoms. The summed E-state index contributed by atoms with van der Waals surface area (Å²) in [5, 5.41) is 8.67. The standard InChI is InChI=1S/C10H16N2O2S/c11-8-9-4-3-7-12(9)15(13,14)10-5-1-2-6-10/h9-10H,1-7H2. The molecule has 0 spiro atoms. The van der Waals surface area contributed by atoms with E-state index >= 15 is 0 Å². The van der Waals surface area contributed by atoms with Crippen LogP contribution in [0.2, 0.25) is 0 Å². The van der Waals surface area contributed by atoms with Crippen LogP contribution >= 0.6 is 0 Å². The average molecular weight is 228 g/mol. The summed E-state index contributed by atoms with van der Waals surface area (Å²) >= 11 is 0. The molecule has 5 heteroatoms. The molecule has 0 aromatic carbocycles. The summed E-state index contributed by atoms with van der Waals surface area (Å²) in [6.45, 7) is 0.539. The first-order valence-corrected chi connectivity index (χ1v) is 7.07. The molecule has 1 aliphatic heterocycles. The molecule has 0 radical (unpaired) electrons. The van der Waals surface area contributed by atoms with Crippen molar-refractivity contribution in [3.63, 3.8) is 0 Å². The van der Waals surface area contributed by atoms with Crippen molar-refractivity contribution < 1.29 is 8.42 Å². The SMILES string of the molecule is N#CC1CCCN1S(=O)(=O)C1CCCC1. The fourth-order valence-electron chi connectivity index (χ4n) is 2.55. The number of nitriles is 1. The highest BCUT2D eigenvalue weighted by atomic mass is 32.2. The van der Waals surface area contributed by atoms with Crippen LogP contribution in [0.3, 0.4) is 0 Å². The van der Waals surface area contributed by atoms with Crippen LogP contribution in [-0.4, -0.2) is 30.6 Å². The minimum atomic E-state index is -3.19. The summed E-state index contributed by atoms with van der Waals surface area (Å²) in [5.41, 5.74) is 0. The van der Waals surface area contributed by atoms with E-state index in [0.717, 1.165) is 32.1 Å². The van der Waals surface area contributed by atoms with Crippen molar-refractivity contribution in [1.29, 1.82) is 5.26 Å². The van der Waals surface area contributed by atoms with E-state index in [4.69, 9.17) is 5.26 Å². The van der Waals surface area contributed by atoms with Crippen LogP contribution in [0, 0.1) is 11.3 Å². The fourth-order valence-corrected chi connectivity index (χ4v) is 4.75. The van der Waals surface area contributed by atoms with Gasteiger partial charge in [-0.15, -0.1) is 0 Å². The minimum absolute atomic E-state index is 0.216. The third-order valence-corrected chi connectivity index (χ3v) is 5.81. The lowest BCUT2D eigenvalue weighted by Gasteiger charge is -2.23. The zero-order chi connectivity index (χ0) is 10.9. The van der Waals surface area contributed by atoms with Crippen LogP contribution in [0.4, 0.5) is 0 Å². The van der Waals surface area contributed by atoms with Crippen molar-refractivity contribution in [2.45, 2.75) is 49.8 Å². The van der Waals surface area contributed by atoms with Crippen LogP contribution in [0.5, 0.6) is 0 Å². The quantitative estimate of drug-likeness (QED) is 0.714. The second-order valence-corrected chi connectivity index (χ2v) is 6.51. The van der Waals surface area contributed by atoms with Crippen molar-refractivity contribution in [1.82, 2.24) is 4.31 Å². The summed E-state index contributed by atoms with van der Waals surface area (Å²) in [4.78, 5) is 0. The summed E-state index contributed by atoms with van der Waals surface area (Å²) in [5.74, 6) is 0. The predicted octanol–water partition coefficient (Wildman–Crippen LogP) is 1.25. The second-order valence-electron chi connectivity index (χ2n) is 4.35. The van der Waals surface area contributed by atoms with Crippen molar-refractivity contribution in [2.24, 2.45) is 0 Å². The van der Waals surface area contributed by atoms with Gasteiger partial charge in [0.1, 0.15) is 6.04 Å². The van der Waals surface area contributed by atoms with Gasteiger partial charge in [-0.1, -0.05) is 12.8 Å². The van der Waals surface area contributed by atoms with Crippen LogP contribution in [-0.2, 0) is 10.0 Å². The van der Waals surface area contributed by atoms with Gasteiger partial charge in [0, 0.05) is 6.54 Å². The topological polar surface area (TPSA) is 61.2 Å². The molecule has 1 unspecified atom stereocenters. The van der Waals surface area contributed by atoms with Gasteiger partial charge in [0.2, 0.25) is 10.0 Å². The van der Waals surface area contributed by atoms with Gasteiger partial charge in [0.05, 0.1) is 11.3 Å². The summed E-state index contributed by atoms with van der Waals surface area (Å²) in [6.07, 6.45) is 5.09. The molecule has 0 N–H and O–H groups in total. The van der Waals surface area contributed by atoms with Crippen LogP contribution < -0.4 is 0 Å². The Kier molecular flexibility index (Phi) is 2.98. The van der Waals surface area contributed by atoms with Gasteiger partial charge in [-0.2, -0.15) is 9.57 Å².